The fourth-order valence-electron chi connectivity index (χ4n) is 3.49. The van der Waals surface area contributed by atoms with Gasteiger partial charge in [0.25, 0.3) is 0 Å². The van der Waals surface area contributed by atoms with E-state index in [1.54, 1.807) is 0 Å². The zero-order valence-electron chi connectivity index (χ0n) is 16.0. The maximum absolute atomic E-state index is 12.8. The molecule has 152 valence electrons. The third kappa shape index (κ3) is 4.40. The van der Waals surface area contributed by atoms with Crippen molar-refractivity contribution < 1.29 is 13.2 Å². The second-order valence-electron chi connectivity index (χ2n) is 7.15. The number of piperazine rings is 1. The molecule has 29 heavy (non-hydrogen) atoms. The summed E-state index contributed by atoms with van der Waals surface area (Å²) in [4.78, 5) is 4.60. The van der Waals surface area contributed by atoms with E-state index in [-0.39, 0.29) is 0 Å². The lowest BCUT2D eigenvalue weighted by molar-refractivity contribution is -0.137. The van der Waals surface area contributed by atoms with E-state index < -0.39 is 11.7 Å². The molecule has 1 saturated heterocycles. The summed E-state index contributed by atoms with van der Waals surface area (Å²) < 4.78 is 39.8. The molecule has 2 aromatic carbocycles. The molecule has 0 atom stereocenters. The molecular weight excluding hydrogens is 381 g/mol. The van der Waals surface area contributed by atoms with Gasteiger partial charge >= 0.3 is 6.18 Å². The molecule has 1 aliphatic rings. The molecule has 0 bridgehead atoms. The van der Waals surface area contributed by atoms with Gasteiger partial charge in [0.05, 0.1) is 17.8 Å². The van der Waals surface area contributed by atoms with Crippen molar-refractivity contribution in [2.75, 3.05) is 31.1 Å². The van der Waals surface area contributed by atoms with E-state index in [1.165, 1.54) is 28.1 Å². The molecule has 0 N–H and O–H groups in total. The lowest BCUT2D eigenvalue weighted by atomic mass is 10.2. The first-order valence-corrected chi connectivity index (χ1v) is 9.39. The molecule has 1 fully saturated rings. The molecule has 0 unspecified atom stereocenters. The van der Waals surface area contributed by atoms with Gasteiger partial charge in [0.2, 0.25) is 0 Å². The summed E-state index contributed by atoms with van der Waals surface area (Å²) in [5.74, 6) is 0.605. The summed E-state index contributed by atoms with van der Waals surface area (Å²) in [5.41, 5.74) is 2.28. The second-order valence-corrected chi connectivity index (χ2v) is 7.15. The quantitative estimate of drug-likeness (QED) is 0.670. The number of nitrogens with zero attached hydrogens (tertiary/aromatic N) is 6. The Kier molecular flexibility index (Phi) is 5.23. The SMILES string of the molecule is Cc1cccc(N2CCN(Cc3nnnn3-c3ccc(C(F)(F)F)cc3)CC2)c1. The lowest BCUT2D eigenvalue weighted by Gasteiger charge is -2.35. The van der Waals surface area contributed by atoms with Gasteiger partial charge in [-0.05, 0) is 59.3 Å². The molecule has 9 heteroatoms. The number of hydrogen-bond donors (Lipinski definition) is 0. The molecule has 0 aliphatic carbocycles. The molecule has 0 amide bonds. The van der Waals surface area contributed by atoms with Gasteiger partial charge in [-0.3, -0.25) is 4.90 Å². The molecule has 3 aromatic rings. The van der Waals surface area contributed by atoms with E-state index in [4.69, 9.17) is 0 Å². The van der Waals surface area contributed by atoms with Crippen LogP contribution in [0.25, 0.3) is 5.69 Å². The highest BCUT2D eigenvalue weighted by Crippen LogP contribution is 2.29. The minimum Gasteiger partial charge on any atom is -0.369 e. The van der Waals surface area contributed by atoms with Gasteiger partial charge in [-0.2, -0.15) is 17.9 Å². The molecule has 2 heterocycles. The standard InChI is InChI=1S/C20H21F3N6/c1-15-3-2-4-18(13-15)28-11-9-27(10-12-28)14-19-24-25-26-29(19)17-7-5-16(6-8-17)20(21,22)23/h2-8,13H,9-12,14H2,1H3. The van der Waals surface area contributed by atoms with Crippen molar-refractivity contribution in [3.05, 3.63) is 65.5 Å². The third-order valence-electron chi connectivity index (χ3n) is 5.08. The minimum atomic E-state index is -4.36. The van der Waals surface area contributed by atoms with Crippen LogP contribution < -0.4 is 4.90 Å². The van der Waals surface area contributed by atoms with Crippen LogP contribution in [0.2, 0.25) is 0 Å². The number of alkyl halides is 3. The topological polar surface area (TPSA) is 50.1 Å². The zero-order chi connectivity index (χ0) is 20.4. The van der Waals surface area contributed by atoms with E-state index >= 15 is 0 Å². The average Bonchev–Trinajstić information content (AvgIpc) is 3.16. The Morgan fingerprint density at radius 2 is 1.66 bits per heavy atom. The third-order valence-corrected chi connectivity index (χ3v) is 5.08. The van der Waals surface area contributed by atoms with E-state index in [0.29, 0.717) is 18.1 Å². The Bertz CT molecular complexity index is 959. The van der Waals surface area contributed by atoms with Gasteiger partial charge in [0, 0.05) is 31.9 Å². The first kappa shape index (κ1) is 19.4. The van der Waals surface area contributed by atoms with E-state index in [9.17, 15) is 13.2 Å². The fraction of sp³-hybridized carbons (Fsp3) is 0.350. The van der Waals surface area contributed by atoms with Gasteiger partial charge in [-0.15, -0.1) is 5.10 Å². The van der Waals surface area contributed by atoms with E-state index in [1.807, 2.05) is 0 Å². The fourth-order valence-corrected chi connectivity index (χ4v) is 3.49. The highest BCUT2D eigenvalue weighted by molar-refractivity contribution is 5.48. The molecule has 0 spiro atoms. The summed E-state index contributed by atoms with van der Waals surface area (Å²) in [6.07, 6.45) is -4.36. The van der Waals surface area contributed by atoms with Gasteiger partial charge < -0.3 is 4.90 Å². The van der Waals surface area contributed by atoms with Crippen molar-refractivity contribution >= 4 is 5.69 Å². The predicted octanol–water partition coefficient (Wildman–Crippen LogP) is 3.31. The van der Waals surface area contributed by atoms with Crippen LogP contribution >= 0.6 is 0 Å². The molecule has 4 rings (SSSR count). The molecular formula is C20H21F3N6. The van der Waals surface area contributed by atoms with Crippen LogP contribution in [0.4, 0.5) is 18.9 Å². The van der Waals surface area contributed by atoms with Gasteiger partial charge in [0.15, 0.2) is 5.82 Å². The van der Waals surface area contributed by atoms with Crippen LogP contribution in [-0.2, 0) is 12.7 Å². The Labute approximate surface area is 166 Å². The normalized spacial score (nSPS) is 15.7. The number of anilines is 1. The first-order chi connectivity index (χ1) is 13.9. The second kappa shape index (κ2) is 7.82. The van der Waals surface area contributed by atoms with Crippen molar-refractivity contribution in [2.24, 2.45) is 0 Å². The largest absolute Gasteiger partial charge is 0.416 e. The zero-order valence-corrected chi connectivity index (χ0v) is 16.0. The van der Waals surface area contributed by atoms with Crippen LogP contribution in [0.1, 0.15) is 17.0 Å². The highest BCUT2D eigenvalue weighted by atomic mass is 19.4. The van der Waals surface area contributed by atoms with Crippen LogP contribution in [0, 0.1) is 6.92 Å². The van der Waals surface area contributed by atoms with Crippen molar-refractivity contribution in [3.8, 4) is 5.69 Å². The van der Waals surface area contributed by atoms with Crippen LogP contribution in [0.3, 0.4) is 0 Å². The number of rotatable bonds is 4. The number of benzene rings is 2. The molecule has 6 nitrogen and oxygen atoms in total. The highest BCUT2D eigenvalue weighted by Gasteiger charge is 2.30. The van der Waals surface area contributed by atoms with Crippen molar-refractivity contribution in [1.29, 1.82) is 0 Å². The lowest BCUT2D eigenvalue weighted by Crippen LogP contribution is -2.46. The van der Waals surface area contributed by atoms with Crippen LogP contribution in [0.5, 0.6) is 0 Å². The molecule has 0 saturated carbocycles. The van der Waals surface area contributed by atoms with Crippen LogP contribution in [0.15, 0.2) is 48.5 Å². The van der Waals surface area contributed by atoms with E-state index in [2.05, 4.69) is 56.5 Å². The molecule has 0 radical (unpaired) electrons. The Hall–Kier alpha value is -2.94. The number of aromatic nitrogens is 4. The molecule has 1 aliphatic heterocycles. The smallest absolute Gasteiger partial charge is 0.369 e. The first-order valence-electron chi connectivity index (χ1n) is 9.39. The molecule has 1 aromatic heterocycles. The monoisotopic (exact) mass is 402 g/mol. The summed E-state index contributed by atoms with van der Waals surface area (Å²) in [6, 6.07) is 13.3. The number of hydrogen-bond acceptors (Lipinski definition) is 5. The predicted molar refractivity (Wildman–Crippen MR) is 103 cm³/mol. The Balaban J connectivity index is 1.41. The van der Waals surface area contributed by atoms with Crippen LogP contribution in [-0.4, -0.2) is 51.3 Å². The Morgan fingerprint density at radius 3 is 2.31 bits per heavy atom. The van der Waals surface area contributed by atoms with Gasteiger partial charge in [-0.25, -0.2) is 0 Å². The van der Waals surface area contributed by atoms with E-state index in [0.717, 1.165) is 38.3 Å². The number of halogens is 3. The maximum atomic E-state index is 12.8. The maximum Gasteiger partial charge on any atom is 0.416 e. The van der Waals surface area contributed by atoms with Crippen molar-refractivity contribution in [2.45, 2.75) is 19.6 Å². The number of aryl methyl sites for hydroxylation is 1. The summed E-state index contributed by atoms with van der Waals surface area (Å²) in [6.45, 7) is 6.12. The average molecular weight is 402 g/mol. The van der Waals surface area contributed by atoms with Crippen molar-refractivity contribution in [1.82, 2.24) is 25.1 Å². The summed E-state index contributed by atoms with van der Waals surface area (Å²) >= 11 is 0. The minimum absolute atomic E-state index is 0.511. The van der Waals surface area contributed by atoms with Gasteiger partial charge in [0.1, 0.15) is 0 Å². The summed E-state index contributed by atoms with van der Waals surface area (Å²) in [7, 11) is 0. The summed E-state index contributed by atoms with van der Waals surface area (Å²) in [5, 5.41) is 11.7. The van der Waals surface area contributed by atoms with Gasteiger partial charge in [-0.1, -0.05) is 12.1 Å². The van der Waals surface area contributed by atoms with Crippen molar-refractivity contribution in [3.63, 3.8) is 0 Å². The number of tetrazole rings is 1. The Morgan fingerprint density at radius 1 is 0.931 bits per heavy atom.